The van der Waals surface area contributed by atoms with Crippen LogP contribution in [-0.4, -0.2) is 28.6 Å². The predicted octanol–water partition coefficient (Wildman–Crippen LogP) is 6.40. The molecule has 6 nitrogen and oxygen atoms in total. The van der Waals surface area contributed by atoms with Crippen molar-refractivity contribution in [1.29, 1.82) is 0 Å². The van der Waals surface area contributed by atoms with Gasteiger partial charge in [0.05, 0.1) is 6.17 Å². The minimum absolute atomic E-state index is 0.0560. The first-order valence-corrected chi connectivity index (χ1v) is 12.6. The molecule has 1 aromatic carbocycles. The van der Waals surface area contributed by atoms with Crippen LogP contribution in [0.1, 0.15) is 78.0 Å². The van der Waals surface area contributed by atoms with Crippen molar-refractivity contribution in [3.63, 3.8) is 0 Å². The molecular formula is C27H41N5O. The molecule has 0 bridgehead atoms. The van der Waals surface area contributed by atoms with Gasteiger partial charge in [-0.2, -0.15) is 4.98 Å². The van der Waals surface area contributed by atoms with Crippen molar-refractivity contribution in [2.45, 2.75) is 84.7 Å². The molecule has 1 aromatic heterocycles. The van der Waals surface area contributed by atoms with Gasteiger partial charge in [-0.05, 0) is 82.4 Å². The molecular weight excluding hydrogens is 410 g/mol. The van der Waals surface area contributed by atoms with E-state index in [0.717, 1.165) is 80.2 Å². The minimum Gasteiger partial charge on any atom is -0.384 e. The Morgan fingerprint density at radius 3 is 2.82 bits per heavy atom. The van der Waals surface area contributed by atoms with Gasteiger partial charge in [0, 0.05) is 29.9 Å². The van der Waals surface area contributed by atoms with Crippen LogP contribution in [0.25, 0.3) is 11.5 Å². The highest BCUT2D eigenvalue weighted by atomic mass is 16.5. The van der Waals surface area contributed by atoms with E-state index in [1.54, 1.807) is 0 Å². The van der Waals surface area contributed by atoms with Crippen LogP contribution >= 0.6 is 0 Å². The van der Waals surface area contributed by atoms with Gasteiger partial charge in [0.2, 0.25) is 0 Å². The van der Waals surface area contributed by atoms with E-state index >= 15 is 0 Å². The molecule has 0 spiro atoms. The Morgan fingerprint density at radius 2 is 2.09 bits per heavy atom. The van der Waals surface area contributed by atoms with Crippen molar-refractivity contribution in [1.82, 2.24) is 10.1 Å². The number of unbranched alkanes of at least 4 members (excludes halogenated alkanes) is 1. The van der Waals surface area contributed by atoms with Crippen LogP contribution in [0.5, 0.6) is 0 Å². The van der Waals surface area contributed by atoms with E-state index in [2.05, 4.69) is 59.9 Å². The molecule has 0 aliphatic heterocycles. The number of benzene rings is 1. The Hall–Kier alpha value is -2.47. The van der Waals surface area contributed by atoms with Crippen LogP contribution in [0.2, 0.25) is 0 Å². The predicted molar refractivity (Wildman–Crippen MR) is 137 cm³/mol. The van der Waals surface area contributed by atoms with Gasteiger partial charge in [-0.1, -0.05) is 43.1 Å². The number of nitrogens with two attached hydrogens (primary N) is 1. The summed E-state index contributed by atoms with van der Waals surface area (Å²) in [5.41, 5.74) is 10.5. The molecule has 2 aromatic rings. The summed E-state index contributed by atoms with van der Waals surface area (Å²) in [4.78, 5) is 9.22. The van der Waals surface area contributed by atoms with E-state index < -0.39 is 0 Å². The topological polar surface area (TPSA) is 89.3 Å². The zero-order valence-electron chi connectivity index (χ0n) is 20.6. The molecule has 2 unspecified atom stereocenters. The zero-order chi connectivity index (χ0) is 23.6. The summed E-state index contributed by atoms with van der Waals surface area (Å²) in [6.45, 7) is 11.5. The van der Waals surface area contributed by atoms with Gasteiger partial charge in [0.25, 0.3) is 5.89 Å². The molecule has 3 N–H and O–H groups in total. The van der Waals surface area contributed by atoms with Crippen molar-refractivity contribution in [3.8, 4) is 11.5 Å². The molecule has 0 saturated heterocycles. The monoisotopic (exact) mass is 451 g/mol. The molecule has 1 aliphatic carbocycles. The van der Waals surface area contributed by atoms with Gasteiger partial charge in [0.1, 0.15) is 0 Å². The molecule has 6 heteroatoms. The van der Waals surface area contributed by atoms with Gasteiger partial charge >= 0.3 is 0 Å². The van der Waals surface area contributed by atoms with Crippen molar-refractivity contribution in [2.24, 2.45) is 22.6 Å². The second kappa shape index (κ2) is 12.7. The van der Waals surface area contributed by atoms with Gasteiger partial charge < -0.3 is 15.6 Å². The number of aromatic nitrogens is 2. The number of anilines is 1. The van der Waals surface area contributed by atoms with E-state index in [0.29, 0.717) is 11.8 Å². The maximum Gasteiger partial charge on any atom is 0.257 e. The summed E-state index contributed by atoms with van der Waals surface area (Å²) in [5.74, 6) is 2.56. The van der Waals surface area contributed by atoms with Crippen molar-refractivity contribution in [2.75, 3.05) is 11.9 Å². The summed E-state index contributed by atoms with van der Waals surface area (Å²) >= 11 is 0. The lowest BCUT2D eigenvalue weighted by atomic mass is 9.94. The first-order chi connectivity index (χ1) is 15.9. The molecule has 1 saturated carbocycles. The maximum absolute atomic E-state index is 6.11. The molecule has 1 heterocycles. The summed E-state index contributed by atoms with van der Waals surface area (Å²) in [6, 6.07) is 8.20. The van der Waals surface area contributed by atoms with Gasteiger partial charge in [-0.25, -0.2) is 0 Å². The number of hydrogen-bond donors (Lipinski definition) is 2. The Labute approximate surface area is 199 Å². The lowest BCUT2D eigenvalue weighted by Crippen LogP contribution is -2.19. The average Bonchev–Trinajstić information content (AvgIpc) is 3.48. The van der Waals surface area contributed by atoms with Crippen LogP contribution in [0.15, 0.2) is 45.9 Å². The average molecular weight is 452 g/mol. The standard InChI is InChI=1S/C27H41N5O/c1-5-6-13-25(28)30-20(4)9-7-11-23(19(2)3)18-29-24-12-8-10-22(17-24)27-31-26(32-33-27)16-21-14-15-21/h8,10,12,17,21,23,25,29H,2,5-7,9,11,13-16,18,28H2,1,3-4H3/b30-20+. The Balaban J connectivity index is 1.48. The van der Waals surface area contributed by atoms with Gasteiger partial charge in [0.15, 0.2) is 5.82 Å². The van der Waals surface area contributed by atoms with Crippen LogP contribution in [0.3, 0.4) is 0 Å². The minimum atomic E-state index is -0.0560. The fraction of sp³-hybridized carbons (Fsp3) is 0.593. The fourth-order valence-electron chi connectivity index (χ4n) is 3.99. The normalized spacial score (nSPS) is 15.9. The zero-order valence-corrected chi connectivity index (χ0v) is 20.6. The number of nitrogens with one attached hydrogen (secondary N) is 1. The second-order valence-corrected chi connectivity index (χ2v) is 9.63. The highest BCUT2D eigenvalue weighted by Crippen LogP contribution is 2.32. The van der Waals surface area contributed by atoms with Crippen LogP contribution in [0.4, 0.5) is 5.69 Å². The molecule has 180 valence electrons. The number of nitrogens with zero attached hydrogens (tertiary/aromatic N) is 3. The lowest BCUT2D eigenvalue weighted by Gasteiger charge is -2.19. The quantitative estimate of drug-likeness (QED) is 0.241. The van der Waals surface area contributed by atoms with E-state index in [1.165, 1.54) is 18.4 Å². The number of hydrogen-bond acceptors (Lipinski definition) is 6. The summed E-state index contributed by atoms with van der Waals surface area (Å²) < 4.78 is 5.50. The first-order valence-electron chi connectivity index (χ1n) is 12.6. The highest BCUT2D eigenvalue weighted by Gasteiger charge is 2.24. The molecule has 1 aliphatic rings. The van der Waals surface area contributed by atoms with E-state index in [4.69, 9.17) is 10.3 Å². The van der Waals surface area contributed by atoms with Crippen LogP contribution in [0, 0.1) is 11.8 Å². The summed E-state index contributed by atoms with van der Waals surface area (Å²) in [6.07, 6.45) is 9.85. The second-order valence-electron chi connectivity index (χ2n) is 9.63. The molecule has 0 radical (unpaired) electrons. The van der Waals surface area contributed by atoms with Crippen LogP contribution < -0.4 is 11.1 Å². The Morgan fingerprint density at radius 1 is 1.27 bits per heavy atom. The van der Waals surface area contributed by atoms with Crippen LogP contribution in [-0.2, 0) is 6.42 Å². The van der Waals surface area contributed by atoms with E-state index in [1.807, 2.05) is 12.1 Å². The van der Waals surface area contributed by atoms with Gasteiger partial charge in [-0.3, -0.25) is 4.99 Å². The SMILES string of the molecule is C=C(C)C(CCC/C(C)=N/C(N)CCCC)CNc1cccc(-c2nc(CC3CC3)no2)c1. The third-order valence-corrected chi connectivity index (χ3v) is 6.33. The maximum atomic E-state index is 6.11. The number of aliphatic imine (C=N–C) groups is 1. The largest absolute Gasteiger partial charge is 0.384 e. The number of rotatable bonds is 15. The van der Waals surface area contributed by atoms with Gasteiger partial charge in [-0.15, -0.1) is 0 Å². The third kappa shape index (κ3) is 8.77. The molecule has 2 atom stereocenters. The smallest absolute Gasteiger partial charge is 0.257 e. The van der Waals surface area contributed by atoms with Crippen molar-refractivity contribution >= 4 is 11.4 Å². The highest BCUT2D eigenvalue weighted by molar-refractivity contribution is 5.81. The van der Waals surface area contributed by atoms with Crippen molar-refractivity contribution in [3.05, 3.63) is 42.2 Å². The fourth-order valence-corrected chi connectivity index (χ4v) is 3.99. The molecule has 0 amide bonds. The third-order valence-electron chi connectivity index (χ3n) is 6.33. The summed E-state index contributed by atoms with van der Waals surface area (Å²) in [7, 11) is 0. The molecule has 1 fully saturated rings. The van der Waals surface area contributed by atoms with Crippen molar-refractivity contribution < 1.29 is 4.52 Å². The molecule has 3 rings (SSSR count). The lowest BCUT2D eigenvalue weighted by molar-refractivity contribution is 0.421. The molecule has 33 heavy (non-hydrogen) atoms. The van der Waals surface area contributed by atoms with E-state index in [9.17, 15) is 0 Å². The summed E-state index contributed by atoms with van der Waals surface area (Å²) in [5, 5.41) is 7.72. The first kappa shape index (κ1) is 25.2. The van der Waals surface area contributed by atoms with E-state index in [-0.39, 0.29) is 6.17 Å². The Bertz CT molecular complexity index is 915. The Kier molecular flexibility index (Phi) is 9.67.